The van der Waals surface area contributed by atoms with Crippen LogP contribution in [0.25, 0.3) is 11.1 Å². The molecule has 36 heavy (non-hydrogen) atoms. The molecule has 0 aliphatic carbocycles. The van der Waals surface area contributed by atoms with Crippen LogP contribution in [0.2, 0.25) is 0 Å². The Kier molecular flexibility index (Phi) is 7.68. The molecule has 3 aromatic carbocycles. The van der Waals surface area contributed by atoms with Crippen LogP contribution in [0, 0.1) is 0 Å². The van der Waals surface area contributed by atoms with Gasteiger partial charge in [-0.15, -0.1) is 0 Å². The minimum atomic E-state index is -4.56. The van der Waals surface area contributed by atoms with E-state index in [2.05, 4.69) is 17.2 Å². The van der Waals surface area contributed by atoms with Crippen LogP contribution < -0.4 is 10.1 Å². The quantitative estimate of drug-likeness (QED) is 0.284. The number of carbonyl (C=O) groups excluding carboxylic acids is 1. The van der Waals surface area contributed by atoms with Gasteiger partial charge < -0.3 is 10.1 Å². The van der Waals surface area contributed by atoms with Crippen molar-refractivity contribution in [1.82, 2.24) is 4.98 Å². The first-order chi connectivity index (χ1) is 17.3. The van der Waals surface area contributed by atoms with Gasteiger partial charge in [0.05, 0.1) is 12.2 Å². The molecule has 0 aliphatic heterocycles. The highest BCUT2D eigenvalue weighted by molar-refractivity contribution is 6.08. The molecule has 4 nitrogen and oxygen atoms in total. The number of hydrogen-bond acceptors (Lipinski definition) is 3. The third-order valence-electron chi connectivity index (χ3n) is 5.71. The maximum Gasteiger partial charge on any atom is 0.416 e. The molecule has 0 atom stereocenters. The van der Waals surface area contributed by atoms with Gasteiger partial charge in [-0.05, 0) is 65.6 Å². The Labute approximate surface area is 207 Å². The Morgan fingerprint density at radius 1 is 0.944 bits per heavy atom. The third-order valence-corrected chi connectivity index (χ3v) is 5.71. The molecular weight excluding hydrogens is 465 g/mol. The normalized spacial score (nSPS) is 11.2. The van der Waals surface area contributed by atoms with Crippen LogP contribution in [0.3, 0.4) is 0 Å². The van der Waals surface area contributed by atoms with Gasteiger partial charge in [0.15, 0.2) is 0 Å². The number of amides is 1. The van der Waals surface area contributed by atoms with Crippen molar-refractivity contribution in [2.75, 3.05) is 11.9 Å². The molecule has 0 fully saturated rings. The molecule has 0 bridgehead atoms. The highest BCUT2D eigenvalue weighted by Gasteiger charge is 2.32. The molecule has 0 radical (unpaired) electrons. The molecule has 0 aliphatic rings. The number of halogens is 3. The molecule has 1 N–H and O–H groups in total. The zero-order valence-corrected chi connectivity index (χ0v) is 19.7. The molecular formula is C29H25F3N2O2. The monoisotopic (exact) mass is 490 g/mol. The number of ether oxygens (including phenoxy) is 1. The van der Waals surface area contributed by atoms with Gasteiger partial charge in [-0.25, -0.2) is 0 Å². The predicted molar refractivity (Wildman–Crippen MR) is 134 cm³/mol. The first kappa shape index (κ1) is 25.0. The second-order valence-corrected chi connectivity index (χ2v) is 8.21. The van der Waals surface area contributed by atoms with E-state index in [0.29, 0.717) is 35.6 Å². The smallest absolute Gasteiger partial charge is 0.416 e. The summed E-state index contributed by atoms with van der Waals surface area (Å²) in [5, 5.41) is 2.70. The molecule has 4 rings (SSSR count). The number of anilines is 1. The maximum absolute atomic E-state index is 13.3. The molecule has 1 amide bonds. The zero-order chi connectivity index (χ0) is 25.5. The van der Waals surface area contributed by atoms with Crippen LogP contribution >= 0.6 is 0 Å². The first-order valence-corrected chi connectivity index (χ1v) is 11.6. The van der Waals surface area contributed by atoms with E-state index in [0.717, 1.165) is 24.2 Å². The minimum absolute atomic E-state index is 0.0575. The number of aromatic nitrogens is 1. The summed E-state index contributed by atoms with van der Waals surface area (Å²) >= 11 is 0. The van der Waals surface area contributed by atoms with E-state index < -0.39 is 17.6 Å². The molecule has 7 heteroatoms. The average Bonchev–Trinajstić information content (AvgIpc) is 2.89. The largest absolute Gasteiger partial charge is 0.493 e. The van der Waals surface area contributed by atoms with Gasteiger partial charge in [-0.1, -0.05) is 49.4 Å². The maximum atomic E-state index is 13.3. The van der Waals surface area contributed by atoms with Crippen molar-refractivity contribution in [2.45, 2.75) is 25.9 Å². The summed E-state index contributed by atoms with van der Waals surface area (Å²) < 4.78 is 45.8. The van der Waals surface area contributed by atoms with Crippen molar-refractivity contribution in [3.8, 4) is 16.9 Å². The van der Waals surface area contributed by atoms with Crippen LogP contribution in [-0.2, 0) is 19.0 Å². The van der Waals surface area contributed by atoms with E-state index >= 15 is 0 Å². The van der Waals surface area contributed by atoms with Gasteiger partial charge in [-0.2, -0.15) is 13.2 Å². The van der Waals surface area contributed by atoms with Crippen molar-refractivity contribution < 1.29 is 22.7 Å². The topological polar surface area (TPSA) is 51.2 Å². The lowest BCUT2D eigenvalue weighted by molar-refractivity contribution is -0.137. The third kappa shape index (κ3) is 6.30. The number of benzene rings is 3. The van der Waals surface area contributed by atoms with Crippen LogP contribution in [0.1, 0.15) is 34.1 Å². The Bertz CT molecular complexity index is 1300. The van der Waals surface area contributed by atoms with Crippen LogP contribution in [-0.4, -0.2) is 17.5 Å². The van der Waals surface area contributed by atoms with Crippen molar-refractivity contribution in [3.05, 3.63) is 114 Å². The first-order valence-electron chi connectivity index (χ1n) is 11.6. The van der Waals surface area contributed by atoms with E-state index in [9.17, 15) is 18.0 Å². The fraction of sp³-hybridized carbons (Fsp3) is 0.172. The Hall–Kier alpha value is -4.13. The van der Waals surface area contributed by atoms with Crippen LogP contribution in [0.15, 0.2) is 91.1 Å². The van der Waals surface area contributed by atoms with E-state index in [4.69, 9.17) is 4.74 Å². The highest BCUT2D eigenvalue weighted by atomic mass is 19.4. The van der Waals surface area contributed by atoms with Crippen molar-refractivity contribution in [3.63, 3.8) is 0 Å². The lowest BCUT2D eigenvalue weighted by atomic mass is 9.96. The second kappa shape index (κ2) is 11.1. The van der Waals surface area contributed by atoms with Gasteiger partial charge in [0.25, 0.3) is 5.91 Å². The number of aryl methyl sites for hydroxylation is 1. The fourth-order valence-electron chi connectivity index (χ4n) is 3.70. The lowest BCUT2D eigenvalue weighted by Gasteiger charge is -2.14. The van der Waals surface area contributed by atoms with Crippen LogP contribution in [0.4, 0.5) is 18.9 Å². The number of carbonyl (C=O) groups is 1. The summed E-state index contributed by atoms with van der Waals surface area (Å²) in [4.78, 5) is 17.4. The summed E-state index contributed by atoms with van der Waals surface area (Å²) in [6, 6.07) is 22.8. The van der Waals surface area contributed by atoms with Gasteiger partial charge in [0.1, 0.15) is 5.75 Å². The summed E-state index contributed by atoms with van der Waals surface area (Å²) in [6.07, 6.45) is -1.11. The average molecular weight is 491 g/mol. The highest BCUT2D eigenvalue weighted by Crippen LogP contribution is 2.34. The summed E-state index contributed by atoms with van der Waals surface area (Å²) in [7, 11) is 0. The summed E-state index contributed by atoms with van der Waals surface area (Å²) in [6.45, 7) is 2.52. The zero-order valence-electron chi connectivity index (χ0n) is 19.7. The summed E-state index contributed by atoms with van der Waals surface area (Å²) in [5.74, 6) is -0.0163. The van der Waals surface area contributed by atoms with E-state index in [1.807, 2.05) is 18.3 Å². The Balaban J connectivity index is 1.44. The molecule has 1 aromatic heterocycles. The van der Waals surface area contributed by atoms with Gasteiger partial charge in [0, 0.05) is 29.6 Å². The van der Waals surface area contributed by atoms with E-state index in [-0.39, 0.29) is 5.56 Å². The van der Waals surface area contributed by atoms with E-state index in [1.54, 1.807) is 54.6 Å². The molecule has 184 valence electrons. The van der Waals surface area contributed by atoms with Crippen molar-refractivity contribution in [1.29, 1.82) is 0 Å². The van der Waals surface area contributed by atoms with Gasteiger partial charge in [0.2, 0.25) is 0 Å². The van der Waals surface area contributed by atoms with Crippen molar-refractivity contribution in [2.24, 2.45) is 0 Å². The van der Waals surface area contributed by atoms with Gasteiger partial charge >= 0.3 is 6.18 Å². The van der Waals surface area contributed by atoms with Gasteiger partial charge in [-0.3, -0.25) is 9.78 Å². The predicted octanol–water partition coefficient (Wildman–Crippen LogP) is 7.20. The Morgan fingerprint density at radius 2 is 1.69 bits per heavy atom. The standard InChI is InChI=1S/C29H25F3N2O2/c1-2-20-8-10-23(33-19-20)16-17-36-25-13-11-24(12-14-25)34-28(35)27-18-22(29(30,31)32)9-15-26(27)21-6-4-3-5-7-21/h3-15,18-19H,2,16-17H2,1H3,(H,34,35). The molecule has 4 aromatic rings. The van der Waals surface area contributed by atoms with E-state index in [1.165, 1.54) is 11.6 Å². The number of nitrogens with zero attached hydrogens (tertiary/aromatic N) is 1. The number of pyridine rings is 1. The fourth-order valence-corrected chi connectivity index (χ4v) is 3.70. The molecule has 0 spiro atoms. The summed E-state index contributed by atoms with van der Waals surface area (Å²) in [5.41, 5.74) is 2.69. The number of hydrogen-bond donors (Lipinski definition) is 1. The number of rotatable bonds is 8. The number of alkyl halides is 3. The minimum Gasteiger partial charge on any atom is -0.493 e. The number of nitrogens with one attached hydrogen (secondary N) is 1. The molecule has 0 saturated carbocycles. The lowest BCUT2D eigenvalue weighted by Crippen LogP contribution is -2.15. The van der Waals surface area contributed by atoms with Crippen molar-refractivity contribution >= 4 is 11.6 Å². The SMILES string of the molecule is CCc1ccc(CCOc2ccc(NC(=O)c3cc(C(F)(F)F)ccc3-c3ccccc3)cc2)nc1. The molecule has 0 saturated heterocycles. The Morgan fingerprint density at radius 3 is 2.33 bits per heavy atom. The molecule has 1 heterocycles. The van der Waals surface area contributed by atoms with Crippen LogP contribution in [0.5, 0.6) is 5.75 Å². The second-order valence-electron chi connectivity index (χ2n) is 8.21. The molecule has 0 unspecified atom stereocenters.